The van der Waals surface area contributed by atoms with E-state index in [-0.39, 0.29) is 41.4 Å². The molecule has 1 aliphatic heterocycles. The topological polar surface area (TPSA) is 66.5 Å². The molecule has 0 saturated heterocycles. The Kier molecular flexibility index (Phi) is 7.50. The average molecular weight is 258 g/mol. The van der Waals surface area contributed by atoms with Crippen molar-refractivity contribution >= 4 is 47.8 Å². The van der Waals surface area contributed by atoms with Crippen LogP contribution in [0.15, 0.2) is 24.3 Å². The molecule has 6 heteroatoms. The molecule has 0 bridgehead atoms. The molecule has 5 nitrogen and oxygen atoms in total. The Morgan fingerprint density at radius 1 is 1.22 bits per heavy atom. The van der Waals surface area contributed by atoms with Crippen molar-refractivity contribution in [1.82, 2.24) is 10.2 Å². The van der Waals surface area contributed by atoms with E-state index in [1.54, 1.807) is 32.3 Å². The quantitative estimate of drug-likeness (QED) is 0.422. The predicted molar refractivity (Wildman–Crippen MR) is 69.5 cm³/mol. The molecule has 1 aromatic rings. The van der Waals surface area contributed by atoms with Gasteiger partial charge in [-0.3, -0.25) is 19.7 Å². The van der Waals surface area contributed by atoms with Gasteiger partial charge < -0.3 is 4.90 Å². The first-order valence-corrected chi connectivity index (χ1v) is 5.08. The van der Waals surface area contributed by atoms with Crippen LogP contribution in [-0.2, 0) is 16.0 Å². The zero-order chi connectivity index (χ0) is 12.8. The number of rotatable bonds is 1. The maximum absolute atomic E-state index is 11.2. The van der Waals surface area contributed by atoms with Crippen molar-refractivity contribution in [2.75, 3.05) is 14.1 Å². The fraction of sp³-hybridized carbons (Fsp3) is 0.250. The van der Waals surface area contributed by atoms with Crippen LogP contribution in [0, 0.1) is 0 Å². The summed E-state index contributed by atoms with van der Waals surface area (Å²) in [7, 11) is 3.38. The Balaban J connectivity index is 0.000000421. The number of benzene rings is 1. The molecular formula is C12H15N2NaO3. The van der Waals surface area contributed by atoms with Gasteiger partial charge in [0.1, 0.15) is 0 Å². The van der Waals surface area contributed by atoms with Crippen LogP contribution in [0.5, 0.6) is 0 Å². The number of carbonyl (C=O) groups excluding carboxylic acids is 3. The Morgan fingerprint density at radius 2 is 1.78 bits per heavy atom. The molecule has 1 aliphatic rings. The molecule has 1 aromatic carbocycles. The molecule has 18 heavy (non-hydrogen) atoms. The number of nitrogens with zero attached hydrogens (tertiary/aromatic N) is 1. The fourth-order valence-corrected chi connectivity index (χ4v) is 1.31. The SMILES string of the molecule is CN(C)C=O.O=C1Cc2ccccc2C(=O)N1.[NaH]. The average Bonchev–Trinajstić information content (AvgIpc) is 2.29. The van der Waals surface area contributed by atoms with Gasteiger partial charge in [-0.25, -0.2) is 0 Å². The van der Waals surface area contributed by atoms with E-state index < -0.39 is 0 Å². The van der Waals surface area contributed by atoms with Gasteiger partial charge >= 0.3 is 29.6 Å². The number of amides is 3. The van der Waals surface area contributed by atoms with E-state index in [4.69, 9.17) is 0 Å². The Morgan fingerprint density at radius 3 is 2.33 bits per heavy atom. The van der Waals surface area contributed by atoms with Crippen molar-refractivity contribution in [3.63, 3.8) is 0 Å². The minimum absolute atomic E-state index is 0. The summed E-state index contributed by atoms with van der Waals surface area (Å²) in [5.74, 6) is -0.513. The van der Waals surface area contributed by atoms with E-state index in [2.05, 4.69) is 5.32 Å². The number of hydrogen-bond donors (Lipinski definition) is 1. The summed E-state index contributed by atoms with van der Waals surface area (Å²) >= 11 is 0. The number of hydrogen-bond acceptors (Lipinski definition) is 3. The van der Waals surface area contributed by atoms with E-state index in [0.717, 1.165) is 12.0 Å². The molecule has 3 amide bonds. The van der Waals surface area contributed by atoms with Crippen molar-refractivity contribution < 1.29 is 14.4 Å². The van der Waals surface area contributed by atoms with Gasteiger partial charge in [-0.1, -0.05) is 18.2 Å². The van der Waals surface area contributed by atoms with E-state index >= 15 is 0 Å². The first-order chi connectivity index (χ1) is 8.04. The standard InChI is InChI=1S/C9H7NO2.C3H7NO.Na.H/c11-8-5-6-3-1-2-4-7(6)9(12)10-8;1-4(2)3-5;;/h1-4H,5H2,(H,10,11,12);3H,1-2H3;;. The van der Waals surface area contributed by atoms with Gasteiger partial charge in [0.05, 0.1) is 6.42 Å². The second-order valence-electron chi connectivity index (χ2n) is 3.78. The van der Waals surface area contributed by atoms with Crippen LogP contribution in [0.3, 0.4) is 0 Å². The molecule has 1 heterocycles. The third-order valence-electron chi connectivity index (χ3n) is 2.08. The molecule has 2 rings (SSSR count). The minimum atomic E-state index is -0.290. The first-order valence-electron chi connectivity index (χ1n) is 5.08. The van der Waals surface area contributed by atoms with Gasteiger partial charge in [-0.2, -0.15) is 0 Å². The summed E-state index contributed by atoms with van der Waals surface area (Å²) in [6.45, 7) is 0. The summed E-state index contributed by atoms with van der Waals surface area (Å²) in [6, 6.07) is 7.13. The molecule has 0 radical (unpaired) electrons. The van der Waals surface area contributed by atoms with Crippen LogP contribution in [-0.4, -0.2) is 66.8 Å². The van der Waals surface area contributed by atoms with Crippen molar-refractivity contribution in [3.8, 4) is 0 Å². The molecule has 0 saturated carbocycles. The van der Waals surface area contributed by atoms with Gasteiger partial charge in [-0.05, 0) is 11.6 Å². The third kappa shape index (κ3) is 5.00. The normalized spacial score (nSPS) is 12.1. The monoisotopic (exact) mass is 258 g/mol. The molecule has 92 valence electrons. The van der Waals surface area contributed by atoms with Crippen molar-refractivity contribution in [2.45, 2.75) is 6.42 Å². The summed E-state index contributed by atoms with van der Waals surface area (Å²) in [4.78, 5) is 32.9. The number of imide groups is 1. The number of fused-ring (bicyclic) bond motifs is 1. The van der Waals surface area contributed by atoms with Crippen LogP contribution < -0.4 is 5.32 Å². The second-order valence-corrected chi connectivity index (χ2v) is 3.78. The molecule has 0 fully saturated rings. The fourth-order valence-electron chi connectivity index (χ4n) is 1.31. The molecule has 0 atom stereocenters. The number of carbonyl (C=O) groups is 3. The van der Waals surface area contributed by atoms with Gasteiger partial charge in [0.2, 0.25) is 12.3 Å². The van der Waals surface area contributed by atoms with E-state index in [0.29, 0.717) is 12.0 Å². The third-order valence-corrected chi connectivity index (χ3v) is 2.08. The maximum atomic E-state index is 11.2. The van der Waals surface area contributed by atoms with Crippen molar-refractivity contribution in [2.24, 2.45) is 0 Å². The van der Waals surface area contributed by atoms with E-state index in [9.17, 15) is 14.4 Å². The molecule has 0 unspecified atom stereocenters. The summed E-state index contributed by atoms with van der Waals surface area (Å²) < 4.78 is 0. The van der Waals surface area contributed by atoms with Gasteiger partial charge in [0.25, 0.3) is 5.91 Å². The van der Waals surface area contributed by atoms with Crippen LogP contribution >= 0.6 is 0 Å². The molecular weight excluding hydrogens is 243 g/mol. The van der Waals surface area contributed by atoms with Crippen LogP contribution in [0.2, 0.25) is 0 Å². The second kappa shape index (κ2) is 8.02. The molecule has 1 N–H and O–H groups in total. The Hall–Kier alpha value is -1.17. The van der Waals surface area contributed by atoms with Crippen molar-refractivity contribution in [3.05, 3.63) is 35.4 Å². The Bertz CT molecular complexity index is 447. The first kappa shape index (κ1) is 16.8. The van der Waals surface area contributed by atoms with Gasteiger partial charge in [0.15, 0.2) is 0 Å². The van der Waals surface area contributed by atoms with Crippen molar-refractivity contribution in [1.29, 1.82) is 0 Å². The van der Waals surface area contributed by atoms with Gasteiger partial charge in [-0.15, -0.1) is 0 Å². The molecule has 0 aliphatic carbocycles. The summed E-state index contributed by atoms with van der Waals surface area (Å²) in [6.07, 6.45) is 1.06. The van der Waals surface area contributed by atoms with Crippen LogP contribution in [0.4, 0.5) is 0 Å². The van der Waals surface area contributed by atoms with Crippen LogP contribution in [0.25, 0.3) is 0 Å². The predicted octanol–water partition coefficient (Wildman–Crippen LogP) is -0.445. The van der Waals surface area contributed by atoms with E-state index in [1.807, 2.05) is 6.07 Å². The van der Waals surface area contributed by atoms with Gasteiger partial charge in [0, 0.05) is 19.7 Å². The molecule has 0 aromatic heterocycles. The summed E-state index contributed by atoms with van der Waals surface area (Å²) in [5.41, 5.74) is 1.42. The van der Waals surface area contributed by atoms with E-state index in [1.165, 1.54) is 4.90 Å². The Labute approximate surface area is 128 Å². The molecule has 0 spiro atoms. The zero-order valence-corrected chi connectivity index (χ0v) is 9.77. The zero-order valence-electron chi connectivity index (χ0n) is 9.77. The van der Waals surface area contributed by atoms with Crippen LogP contribution in [0.1, 0.15) is 15.9 Å². The number of nitrogens with one attached hydrogen (secondary N) is 1. The summed E-state index contributed by atoms with van der Waals surface area (Å²) in [5, 5.41) is 2.26.